The number of carbonyl (C=O) groups is 2. The van der Waals surface area contributed by atoms with Crippen LogP contribution in [0.15, 0.2) is 48.5 Å². The second-order valence-electron chi connectivity index (χ2n) is 7.27. The molecule has 28 heavy (non-hydrogen) atoms. The zero-order valence-corrected chi connectivity index (χ0v) is 16.2. The molecule has 5 nitrogen and oxygen atoms in total. The Balaban J connectivity index is 1.55. The fourth-order valence-corrected chi connectivity index (χ4v) is 3.31. The standard InChI is InChI=1S/C22H25FN2O3/c1-15(2)22(16-5-7-17(23)8-6-16)24-20(26)14-28-19-11-9-18(10-12-19)25-13-3-4-21(25)27/h5-12,15,22H,3-4,13-14H2,1-2H3,(H,24,26). The Bertz CT molecular complexity index is 819. The van der Waals surface area contributed by atoms with Gasteiger partial charge in [0, 0.05) is 18.7 Å². The van der Waals surface area contributed by atoms with Crippen LogP contribution >= 0.6 is 0 Å². The van der Waals surface area contributed by atoms with Crippen molar-refractivity contribution in [1.29, 1.82) is 0 Å². The van der Waals surface area contributed by atoms with E-state index in [1.54, 1.807) is 29.2 Å². The molecule has 1 aliphatic rings. The molecule has 2 aromatic carbocycles. The van der Waals surface area contributed by atoms with Gasteiger partial charge in [-0.25, -0.2) is 4.39 Å². The summed E-state index contributed by atoms with van der Waals surface area (Å²) in [5.74, 6) is 0.288. The molecule has 148 valence electrons. The van der Waals surface area contributed by atoms with Crippen LogP contribution in [0.3, 0.4) is 0 Å². The summed E-state index contributed by atoms with van der Waals surface area (Å²) in [5, 5.41) is 2.95. The van der Waals surface area contributed by atoms with E-state index < -0.39 is 0 Å². The maximum atomic E-state index is 13.1. The van der Waals surface area contributed by atoms with Gasteiger partial charge in [0.25, 0.3) is 5.91 Å². The van der Waals surface area contributed by atoms with E-state index in [0.717, 1.165) is 24.2 Å². The molecule has 0 aromatic heterocycles. The van der Waals surface area contributed by atoms with E-state index >= 15 is 0 Å². The predicted octanol–water partition coefficient (Wildman–Crippen LogP) is 3.84. The molecule has 0 spiro atoms. The van der Waals surface area contributed by atoms with Gasteiger partial charge in [0.2, 0.25) is 5.91 Å². The number of rotatable bonds is 7. The molecule has 0 aliphatic carbocycles. The van der Waals surface area contributed by atoms with E-state index in [2.05, 4.69) is 5.32 Å². The quantitative estimate of drug-likeness (QED) is 0.789. The third kappa shape index (κ3) is 4.88. The monoisotopic (exact) mass is 384 g/mol. The van der Waals surface area contributed by atoms with Gasteiger partial charge in [-0.05, 0) is 54.3 Å². The van der Waals surface area contributed by atoms with Gasteiger partial charge in [0.05, 0.1) is 6.04 Å². The lowest BCUT2D eigenvalue weighted by molar-refractivity contribution is -0.124. The van der Waals surface area contributed by atoms with Crippen LogP contribution in [0, 0.1) is 11.7 Å². The van der Waals surface area contributed by atoms with Crippen LogP contribution in [-0.2, 0) is 9.59 Å². The Morgan fingerprint density at radius 1 is 1.14 bits per heavy atom. The van der Waals surface area contributed by atoms with Crippen molar-refractivity contribution in [2.45, 2.75) is 32.7 Å². The summed E-state index contributed by atoms with van der Waals surface area (Å²) in [6.45, 7) is 4.61. The molecule has 1 heterocycles. The molecule has 1 unspecified atom stereocenters. The SMILES string of the molecule is CC(C)C(NC(=O)COc1ccc(N2CCCC2=O)cc1)c1ccc(F)cc1. The molecule has 2 amide bonds. The average molecular weight is 384 g/mol. The van der Waals surface area contributed by atoms with Crippen LogP contribution in [-0.4, -0.2) is 25.0 Å². The van der Waals surface area contributed by atoms with Crippen LogP contribution in [0.5, 0.6) is 5.75 Å². The summed E-state index contributed by atoms with van der Waals surface area (Å²) < 4.78 is 18.7. The molecular weight excluding hydrogens is 359 g/mol. The number of amides is 2. The molecule has 0 bridgehead atoms. The lowest BCUT2D eigenvalue weighted by Crippen LogP contribution is -2.35. The van der Waals surface area contributed by atoms with Gasteiger partial charge in [-0.3, -0.25) is 9.59 Å². The molecule has 1 saturated heterocycles. The molecule has 0 radical (unpaired) electrons. The van der Waals surface area contributed by atoms with Crippen LogP contribution in [0.25, 0.3) is 0 Å². The Hall–Kier alpha value is -2.89. The van der Waals surface area contributed by atoms with Gasteiger partial charge in [0.15, 0.2) is 6.61 Å². The summed E-state index contributed by atoms with van der Waals surface area (Å²) in [6, 6.07) is 13.1. The highest BCUT2D eigenvalue weighted by Crippen LogP contribution is 2.24. The summed E-state index contributed by atoms with van der Waals surface area (Å²) in [5.41, 5.74) is 1.69. The first-order valence-corrected chi connectivity index (χ1v) is 9.52. The number of hydrogen-bond acceptors (Lipinski definition) is 3. The summed E-state index contributed by atoms with van der Waals surface area (Å²) >= 11 is 0. The number of halogens is 1. The first-order chi connectivity index (χ1) is 13.4. The van der Waals surface area contributed by atoms with Crippen LogP contribution < -0.4 is 15.0 Å². The van der Waals surface area contributed by atoms with Crippen molar-refractivity contribution >= 4 is 17.5 Å². The smallest absolute Gasteiger partial charge is 0.258 e. The first kappa shape index (κ1) is 19.9. The van der Waals surface area contributed by atoms with Crippen LogP contribution in [0.2, 0.25) is 0 Å². The Morgan fingerprint density at radius 2 is 1.82 bits per heavy atom. The molecular formula is C22H25FN2O3. The van der Waals surface area contributed by atoms with Crippen molar-refractivity contribution in [3.05, 3.63) is 59.9 Å². The minimum absolute atomic E-state index is 0.119. The fraction of sp³-hybridized carbons (Fsp3) is 0.364. The maximum absolute atomic E-state index is 13.1. The number of nitrogens with one attached hydrogen (secondary N) is 1. The summed E-state index contributed by atoms with van der Waals surface area (Å²) in [4.78, 5) is 25.9. The molecule has 1 fully saturated rings. The van der Waals surface area contributed by atoms with Crippen LogP contribution in [0.4, 0.5) is 10.1 Å². The Morgan fingerprint density at radius 3 is 2.39 bits per heavy atom. The molecule has 3 rings (SSSR count). The van der Waals surface area contributed by atoms with Gasteiger partial charge in [-0.1, -0.05) is 26.0 Å². The van der Waals surface area contributed by atoms with Gasteiger partial charge >= 0.3 is 0 Å². The van der Waals surface area contributed by atoms with Gasteiger partial charge in [-0.15, -0.1) is 0 Å². The third-order valence-corrected chi connectivity index (χ3v) is 4.80. The van der Waals surface area contributed by atoms with Gasteiger partial charge < -0.3 is 15.0 Å². The molecule has 0 saturated carbocycles. The number of carbonyl (C=O) groups excluding carboxylic acids is 2. The topological polar surface area (TPSA) is 58.6 Å². The zero-order valence-electron chi connectivity index (χ0n) is 16.2. The number of hydrogen-bond donors (Lipinski definition) is 1. The zero-order chi connectivity index (χ0) is 20.1. The normalized spacial score (nSPS) is 15.0. The second-order valence-corrected chi connectivity index (χ2v) is 7.27. The van der Waals surface area contributed by atoms with Crippen LogP contribution in [0.1, 0.15) is 38.3 Å². The fourth-order valence-electron chi connectivity index (χ4n) is 3.31. The second kappa shape index (κ2) is 8.87. The first-order valence-electron chi connectivity index (χ1n) is 9.52. The molecule has 1 atom stereocenters. The highest BCUT2D eigenvalue weighted by Gasteiger charge is 2.22. The predicted molar refractivity (Wildman–Crippen MR) is 106 cm³/mol. The van der Waals surface area contributed by atoms with E-state index in [4.69, 9.17) is 4.74 Å². The third-order valence-electron chi connectivity index (χ3n) is 4.80. The van der Waals surface area contributed by atoms with Crippen molar-refractivity contribution in [1.82, 2.24) is 5.32 Å². The number of benzene rings is 2. The molecule has 6 heteroatoms. The highest BCUT2D eigenvalue weighted by atomic mass is 19.1. The van der Waals surface area contributed by atoms with E-state index in [-0.39, 0.29) is 36.2 Å². The minimum atomic E-state index is -0.306. The van der Waals surface area contributed by atoms with Crippen molar-refractivity contribution in [3.8, 4) is 5.75 Å². The molecule has 1 N–H and O–H groups in total. The van der Waals surface area contributed by atoms with Crippen molar-refractivity contribution in [2.75, 3.05) is 18.1 Å². The molecule has 2 aromatic rings. The van der Waals surface area contributed by atoms with E-state index in [1.807, 2.05) is 26.0 Å². The average Bonchev–Trinajstić information content (AvgIpc) is 3.11. The lowest BCUT2D eigenvalue weighted by Gasteiger charge is -2.23. The van der Waals surface area contributed by atoms with E-state index in [9.17, 15) is 14.0 Å². The van der Waals surface area contributed by atoms with Crippen molar-refractivity contribution < 1.29 is 18.7 Å². The lowest BCUT2D eigenvalue weighted by atomic mass is 9.96. The number of anilines is 1. The maximum Gasteiger partial charge on any atom is 0.258 e. The summed E-state index contributed by atoms with van der Waals surface area (Å²) in [7, 11) is 0. The molecule has 1 aliphatic heterocycles. The van der Waals surface area contributed by atoms with Crippen molar-refractivity contribution in [2.24, 2.45) is 5.92 Å². The van der Waals surface area contributed by atoms with Crippen molar-refractivity contribution in [3.63, 3.8) is 0 Å². The van der Waals surface area contributed by atoms with Gasteiger partial charge in [-0.2, -0.15) is 0 Å². The van der Waals surface area contributed by atoms with E-state index in [0.29, 0.717) is 12.2 Å². The highest BCUT2D eigenvalue weighted by molar-refractivity contribution is 5.95. The summed E-state index contributed by atoms with van der Waals surface area (Å²) in [6.07, 6.45) is 1.46. The van der Waals surface area contributed by atoms with E-state index in [1.165, 1.54) is 12.1 Å². The number of ether oxygens (including phenoxy) is 1. The Labute approximate surface area is 164 Å². The Kier molecular flexibility index (Phi) is 6.29. The largest absolute Gasteiger partial charge is 0.484 e. The number of nitrogens with zero attached hydrogens (tertiary/aromatic N) is 1. The van der Waals surface area contributed by atoms with Gasteiger partial charge in [0.1, 0.15) is 11.6 Å². The minimum Gasteiger partial charge on any atom is -0.484 e.